The minimum Gasteiger partial charge on any atom is -0.487 e. The summed E-state index contributed by atoms with van der Waals surface area (Å²) < 4.78 is 11.8. The Hall–Kier alpha value is -2.56. The van der Waals surface area contributed by atoms with Crippen molar-refractivity contribution in [2.75, 3.05) is 13.2 Å². The van der Waals surface area contributed by atoms with Crippen LogP contribution in [0.1, 0.15) is 17.3 Å². The Morgan fingerprint density at radius 2 is 2.25 bits per heavy atom. The molecular formula is C15H15NO4. The second-order valence-corrected chi connectivity index (χ2v) is 4.00. The van der Waals surface area contributed by atoms with Gasteiger partial charge in [0.2, 0.25) is 0 Å². The lowest BCUT2D eigenvalue weighted by Gasteiger charge is -2.10. The Morgan fingerprint density at radius 1 is 1.45 bits per heavy atom. The van der Waals surface area contributed by atoms with Gasteiger partial charge in [0.05, 0.1) is 12.1 Å². The van der Waals surface area contributed by atoms with Crippen LogP contribution in [-0.2, 0) is 4.74 Å². The molecule has 0 unspecified atom stereocenters. The molecule has 2 heterocycles. The predicted octanol–water partition coefficient (Wildman–Crippen LogP) is 2.04. The monoisotopic (exact) mass is 273 g/mol. The Balaban J connectivity index is 2.64. The van der Waals surface area contributed by atoms with Gasteiger partial charge < -0.3 is 9.47 Å². The molecule has 0 bridgehead atoms. The summed E-state index contributed by atoms with van der Waals surface area (Å²) in [5.74, 6) is -0.215. The first-order valence-corrected chi connectivity index (χ1v) is 6.24. The summed E-state index contributed by atoms with van der Waals surface area (Å²) in [4.78, 5) is 24.1. The Labute approximate surface area is 116 Å². The summed E-state index contributed by atoms with van der Waals surface area (Å²) in [6.45, 7) is 5.75. The zero-order valence-corrected chi connectivity index (χ0v) is 11.2. The highest BCUT2D eigenvalue weighted by molar-refractivity contribution is 5.90. The van der Waals surface area contributed by atoms with Gasteiger partial charge in [-0.1, -0.05) is 18.7 Å². The van der Waals surface area contributed by atoms with Gasteiger partial charge in [-0.3, -0.25) is 9.20 Å². The number of hydrogen-bond donors (Lipinski definition) is 0. The molecule has 20 heavy (non-hydrogen) atoms. The number of rotatable bonds is 5. The van der Waals surface area contributed by atoms with Crippen LogP contribution >= 0.6 is 0 Å². The Morgan fingerprint density at radius 3 is 2.95 bits per heavy atom. The van der Waals surface area contributed by atoms with Crippen LogP contribution in [0, 0.1) is 0 Å². The van der Waals surface area contributed by atoms with Gasteiger partial charge in [-0.25, -0.2) is 4.79 Å². The van der Waals surface area contributed by atoms with Crippen molar-refractivity contribution in [3.63, 3.8) is 0 Å². The first-order valence-electron chi connectivity index (χ1n) is 6.24. The fourth-order valence-electron chi connectivity index (χ4n) is 1.84. The lowest BCUT2D eigenvalue weighted by molar-refractivity contribution is 0.0523. The van der Waals surface area contributed by atoms with Gasteiger partial charge >= 0.3 is 5.97 Å². The quantitative estimate of drug-likeness (QED) is 0.618. The summed E-state index contributed by atoms with van der Waals surface area (Å²) >= 11 is 0. The number of hydrogen-bond acceptors (Lipinski definition) is 4. The maximum absolute atomic E-state index is 12.3. The van der Waals surface area contributed by atoms with E-state index < -0.39 is 11.5 Å². The number of esters is 1. The van der Waals surface area contributed by atoms with E-state index in [1.165, 1.54) is 10.5 Å². The molecule has 0 N–H and O–H groups in total. The molecule has 0 saturated heterocycles. The average molecular weight is 273 g/mol. The lowest BCUT2D eigenvalue weighted by atomic mass is 10.2. The van der Waals surface area contributed by atoms with E-state index in [0.29, 0.717) is 11.3 Å². The number of nitrogens with zero attached hydrogens (tertiary/aromatic N) is 1. The highest BCUT2D eigenvalue weighted by atomic mass is 16.5. The lowest BCUT2D eigenvalue weighted by Crippen LogP contribution is -2.23. The van der Waals surface area contributed by atoms with Crippen molar-refractivity contribution >= 4 is 11.5 Å². The summed E-state index contributed by atoms with van der Waals surface area (Å²) in [5.41, 5.74) is 0.118. The van der Waals surface area contributed by atoms with Crippen LogP contribution in [0.5, 0.6) is 5.75 Å². The third-order valence-corrected chi connectivity index (χ3v) is 2.69. The molecule has 5 heteroatoms. The summed E-state index contributed by atoms with van der Waals surface area (Å²) in [6.07, 6.45) is 3.18. The van der Waals surface area contributed by atoms with Crippen molar-refractivity contribution in [3.05, 3.63) is 59.0 Å². The van der Waals surface area contributed by atoms with Crippen LogP contribution in [0.25, 0.3) is 5.52 Å². The molecule has 5 nitrogen and oxygen atoms in total. The molecule has 2 aromatic heterocycles. The molecule has 0 spiro atoms. The predicted molar refractivity (Wildman–Crippen MR) is 75.3 cm³/mol. The van der Waals surface area contributed by atoms with Gasteiger partial charge in [-0.2, -0.15) is 0 Å². The summed E-state index contributed by atoms with van der Waals surface area (Å²) in [6, 6.07) is 6.66. The molecule has 2 rings (SSSR count). The zero-order chi connectivity index (χ0) is 14.5. The third-order valence-electron chi connectivity index (χ3n) is 2.69. The largest absolute Gasteiger partial charge is 0.487 e. The standard InChI is InChI=1S/C15H15NO4/c1-3-9-20-13-10-11(15(18)19-4-2)14(17)16-8-6-5-7-12(13)16/h3,5-8,10H,1,4,9H2,2H3. The summed E-state index contributed by atoms with van der Waals surface area (Å²) in [5, 5.41) is 0. The second kappa shape index (κ2) is 6.06. The smallest absolute Gasteiger partial charge is 0.343 e. The van der Waals surface area contributed by atoms with E-state index in [2.05, 4.69) is 6.58 Å². The molecule has 0 aliphatic heterocycles. The van der Waals surface area contributed by atoms with E-state index in [9.17, 15) is 9.59 Å². The van der Waals surface area contributed by atoms with Crippen molar-refractivity contribution in [1.82, 2.24) is 4.40 Å². The molecule has 2 aromatic rings. The van der Waals surface area contributed by atoms with Gasteiger partial charge in [0.1, 0.15) is 17.9 Å². The van der Waals surface area contributed by atoms with Crippen molar-refractivity contribution in [3.8, 4) is 5.75 Å². The molecule has 0 aliphatic carbocycles. The van der Waals surface area contributed by atoms with E-state index in [0.717, 1.165) is 0 Å². The maximum Gasteiger partial charge on any atom is 0.343 e. The van der Waals surface area contributed by atoms with Crippen LogP contribution < -0.4 is 10.3 Å². The van der Waals surface area contributed by atoms with Crippen molar-refractivity contribution in [1.29, 1.82) is 0 Å². The highest BCUT2D eigenvalue weighted by Gasteiger charge is 2.17. The maximum atomic E-state index is 12.3. The van der Waals surface area contributed by atoms with Gasteiger partial charge in [0.25, 0.3) is 5.56 Å². The van der Waals surface area contributed by atoms with Crippen LogP contribution in [0.3, 0.4) is 0 Å². The minimum atomic E-state index is -0.654. The second-order valence-electron chi connectivity index (χ2n) is 4.00. The van der Waals surface area contributed by atoms with Crippen molar-refractivity contribution in [2.24, 2.45) is 0 Å². The molecule has 0 amide bonds. The number of aromatic nitrogens is 1. The SMILES string of the molecule is C=CCOc1cc(C(=O)OCC)c(=O)n2ccccc12. The molecular weight excluding hydrogens is 258 g/mol. The van der Waals surface area contributed by atoms with Crippen LogP contribution in [0.2, 0.25) is 0 Å². The van der Waals surface area contributed by atoms with E-state index in [1.54, 1.807) is 37.4 Å². The normalized spacial score (nSPS) is 10.2. The van der Waals surface area contributed by atoms with Gasteiger partial charge in [0.15, 0.2) is 0 Å². The van der Waals surface area contributed by atoms with E-state index in [-0.39, 0.29) is 18.8 Å². The molecule has 0 radical (unpaired) electrons. The van der Waals surface area contributed by atoms with Crippen LogP contribution in [-0.4, -0.2) is 23.6 Å². The minimum absolute atomic E-state index is 0.0467. The van der Waals surface area contributed by atoms with Crippen molar-refractivity contribution < 1.29 is 14.3 Å². The number of fused-ring (bicyclic) bond motifs is 1. The average Bonchev–Trinajstić information content (AvgIpc) is 2.47. The fraction of sp³-hybridized carbons (Fsp3) is 0.200. The van der Waals surface area contributed by atoms with Crippen LogP contribution in [0.15, 0.2) is 47.9 Å². The molecule has 0 aromatic carbocycles. The number of pyridine rings is 2. The van der Waals surface area contributed by atoms with Gasteiger partial charge in [-0.15, -0.1) is 0 Å². The fourth-order valence-corrected chi connectivity index (χ4v) is 1.84. The first-order chi connectivity index (χ1) is 9.69. The topological polar surface area (TPSA) is 57.0 Å². The number of carbonyl (C=O) groups is 1. The van der Waals surface area contributed by atoms with E-state index >= 15 is 0 Å². The van der Waals surface area contributed by atoms with Crippen LogP contribution in [0.4, 0.5) is 0 Å². The molecule has 104 valence electrons. The first kappa shape index (κ1) is 13.9. The zero-order valence-electron chi connectivity index (χ0n) is 11.2. The third kappa shape index (κ3) is 2.56. The van der Waals surface area contributed by atoms with E-state index in [1.807, 2.05) is 0 Å². The molecule has 0 saturated carbocycles. The molecule has 0 atom stereocenters. The van der Waals surface area contributed by atoms with Gasteiger partial charge in [0, 0.05) is 12.3 Å². The number of ether oxygens (including phenoxy) is 2. The molecule has 0 fully saturated rings. The molecule has 0 aliphatic rings. The Bertz CT molecular complexity index is 703. The number of carbonyl (C=O) groups excluding carboxylic acids is 1. The van der Waals surface area contributed by atoms with E-state index in [4.69, 9.17) is 9.47 Å². The van der Waals surface area contributed by atoms with Crippen molar-refractivity contribution in [2.45, 2.75) is 6.92 Å². The Kier molecular flexibility index (Phi) is 4.20. The highest BCUT2D eigenvalue weighted by Crippen LogP contribution is 2.19. The summed E-state index contributed by atoms with van der Waals surface area (Å²) in [7, 11) is 0. The van der Waals surface area contributed by atoms with Gasteiger partial charge in [-0.05, 0) is 19.1 Å².